The molecule has 0 aromatic heterocycles. The van der Waals surface area contributed by atoms with Crippen molar-refractivity contribution in [2.24, 2.45) is 5.41 Å². The van der Waals surface area contributed by atoms with Gasteiger partial charge in [0.05, 0.1) is 12.5 Å². The number of nitrogens with one attached hydrogen (secondary N) is 1. The summed E-state index contributed by atoms with van der Waals surface area (Å²) in [4.78, 5) is 25.8. The van der Waals surface area contributed by atoms with Crippen molar-refractivity contribution >= 4 is 12.0 Å². The molecule has 1 aliphatic heterocycles. The number of ether oxygens (including phenoxy) is 2. The molecule has 1 heterocycles. The van der Waals surface area contributed by atoms with Crippen LogP contribution in [-0.4, -0.2) is 55.9 Å². The number of hydrogen-bond donors (Lipinski definition) is 2. The van der Waals surface area contributed by atoms with Gasteiger partial charge in [-0.25, -0.2) is 4.79 Å². The number of rotatable bonds is 7. The number of aliphatic carboxylic acids is 1. The Labute approximate surface area is 147 Å². The molecule has 7 nitrogen and oxygen atoms in total. The van der Waals surface area contributed by atoms with Crippen molar-refractivity contribution in [3.8, 4) is 5.75 Å². The minimum absolute atomic E-state index is 0.208. The predicted octanol–water partition coefficient (Wildman–Crippen LogP) is 2.11. The predicted molar refractivity (Wildman–Crippen MR) is 92.6 cm³/mol. The molecule has 0 aliphatic carbocycles. The molecule has 0 radical (unpaired) electrons. The number of likely N-dealkylation sites (tertiary alicyclic amines) is 1. The Morgan fingerprint density at radius 2 is 2.00 bits per heavy atom. The quantitative estimate of drug-likeness (QED) is 0.786. The van der Waals surface area contributed by atoms with Crippen LogP contribution in [0.25, 0.3) is 0 Å². The van der Waals surface area contributed by atoms with E-state index in [2.05, 4.69) is 5.32 Å². The van der Waals surface area contributed by atoms with Crippen LogP contribution in [-0.2, 0) is 16.1 Å². The first-order valence-electron chi connectivity index (χ1n) is 8.39. The van der Waals surface area contributed by atoms with E-state index in [0.29, 0.717) is 39.0 Å². The first kappa shape index (κ1) is 19.1. The molecule has 7 heteroatoms. The highest BCUT2D eigenvalue weighted by Gasteiger charge is 2.43. The minimum Gasteiger partial charge on any atom is -0.497 e. The van der Waals surface area contributed by atoms with Gasteiger partial charge in [-0.1, -0.05) is 12.1 Å². The van der Waals surface area contributed by atoms with E-state index in [1.165, 1.54) is 0 Å². The molecule has 1 aliphatic rings. The summed E-state index contributed by atoms with van der Waals surface area (Å²) in [7, 11) is 3.16. The highest BCUT2D eigenvalue weighted by Crippen LogP contribution is 2.34. The average Bonchev–Trinajstić information content (AvgIpc) is 2.64. The second-order valence-electron chi connectivity index (χ2n) is 6.36. The van der Waals surface area contributed by atoms with Crippen molar-refractivity contribution in [1.82, 2.24) is 10.2 Å². The maximum absolute atomic E-state index is 12.4. The summed E-state index contributed by atoms with van der Waals surface area (Å²) in [6, 6.07) is 7.20. The number of amides is 2. The standard InChI is InChI=1S/C18H26N2O5/c1-24-11-9-18(16(21)22)8-3-10-20(13-18)17(23)19-12-14-4-6-15(25-2)7-5-14/h4-7H,3,8-13H2,1-2H3,(H,19,23)(H,21,22)/t18-/m1/s1. The largest absolute Gasteiger partial charge is 0.497 e. The van der Waals surface area contributed by atoms with E-state index in [0.717, 1.165) is 11.3 Å². The van der Waals surface area contributed by atoms with E-state index in [9.17, 15) is 14.7 Å². The van der Waals surface area contributed by atoms with Crippen molar-refractivity contribution in [2.45, 2.75) is 25.8 Å². The maximum atomic E-state index is 12.4. The zero-order chi connectivity index (χ0) is 18.3. The van der Waals surface area contributed by atoms with Crippen molar-refractivity contribution in [2.75, 3.05) is 33.9 Å². The first-order chi connectivity index (χ1) is 12.0. The number of benzene rings is 1. The monoisotopic (exact) mass is 350 g/mol. The van der Waals surface area contributed by atoms with Gasteiger partial charge in [-0.2, -0.15) is 0 Å². The molecule has 2 rings (SSSR count). The topological polar surface area (TPSA) is 88.1 Å². The number of nitrogens with zero attached hydrogens (tertiary/aromatic N) is 1. The minimum atomic E-state index is -0.925. The van der Waals surface area contributed by atoms with Crippen LogP contribution in [0.2, 0.25) is 0 Å². The van der Waals surface area contributed by atoms with Gasteiger partial charge in [0.25, 0.3) is 0 Å². The third-order valence-corrected chi connectivity index (χ3v) is 4.71. The van der Waals surface area contributed by atoms with Crippen LogP contribution in [0.4, 0.5) is 4.79 Å². The molecule has 1 saturated heterocycles. The summed E-state index contributed by atoms with van der Waals surface area (Å²) in [6.07, 6.45) is 1.64. The summed E-state index contributed by atoms with van der Waals surface area (Å²) in [5, 5.41) is 12.5. The number of hydrogen-bond acceptors (Lipinski definition) is 4. The molecule has 0 saturated carbocycles. The van der Waals surface area contributed by atoms with E-state index in [1.54, 1.807) is 19.1 Å². The molecule has 0 unspecified atom stereocenters. The number of methoxy groups -OCH3 is 2. The molecule has 25 heavy (non-hydrogen) atoms. The van der Waals surface area contributed by atoms with Gasteiger partial charge in [-0.15, -0.1) is 0 Å². The lowest BCUT2D eigenvalue weighted by Crippen LogP contribution is -2.52. The van der Waals surface area contributed by atoms with Crippen molar-refractivity contribution in [3.63, 3.8) is 0 Å². The lowest BCUT2D eigenvalue weighted by Gasteiger charge is -2.39. The molecular formula is C18H26N2O5. The Bertz CT molecular complexity index is 590. The zero-order valence-electron chi connectivity index (χ0n) is 14.8. The van der Waals surface area contributed by atoms with Crippen LogP contribution in [0.15, 0.2) is 24.3 Å². The van der Waals surface area contributed by atoms with Crippen LogP contribution < -0.4 is 10.1 Å². The van der Waals surface area contributed by atoms with E-state index in [1.807, 2.05) is 24.3 Å². The van der Waals surface area contributed by atoms with Gasteiger partial charge < -0.3 is 24.8 Å². The third-order valence-electron chi connectivity index (χ3n) is 4.71. The van der Waals surface area contributed by atoms with Crippen LogP contribution in [0.3, 0.4) is 0 Å². The number of carboxylic acid groups (broad SMARTS) is 1. The van der Waals surface area contributed by atoms with Gasteiger partial charge in [0.2, 0.25) is 0 Å². The molecule has 1 atom stereocenters. The summed E-state index contributed by atoms with van der Waals surface area (Å²) in [5.74, 6) is -0.104. The summed E-state index contributed by atoms with van der Waals surface area (Å²) in [5.41, 5.74) is 0.0289. The number of piperidine rings is 1. The Hall–Kier alpha value is -2.28. The normalized spacial score (nSPS) is 20.2. The first-order valence-corrected chi connectivity index (χ1v) is 8.39. The van der Waals surface area contributed by atoms with Gasteiger partial charge >= 0.3 is 12.0 Å². The van der Waals surface area contributed by atoms with E-state index in [-0.39, 0.29) is 12.6 Å². The highest BCUT2D eigenvalue weighted by atomic mass is 16.5. The van der Waals surface area contributed by atoms with Crippen LogP contribution in [0.1, 0.15) is 24.8 Å². The fraction of sp³-hybridized carbons (Fsp3) is 0.556. The zero-order valence-corrected chi connectivity index (χ0v) is 14.8. The molecule has 138 valence electrons. The van der Waals surface area contributed by atoms with Gasteiger partial charge in [0, 0.05) is 33.4 Å². The highest BCUT2D eigenvalue weighted by molar-refractivity contribution is 5.78. The van der Waals surface area contributed by atoms with Crippen molar-refractivity contribution in [3.05, 3.63) is 29.8 Å². The van der Waals surface area contributed by atoms with E-state index < -0.39 is 11.4 Å². The number of carboxylic acids is 1. The SMILES string of the molecule is COCC[C@]1(C(=O)O)CCCN(C(=O)NCc2ccc(OC)cc2)C1. The Morgan fingerprint density at radius 1 is 1.28 bits per heavy atom. The van der Waals surface area contributed by atoms with Crippen molar-refractivity contribution < 1.29 is 24.2 Å². The molecule has 2 amide bonds. The molecule has 0 spiro atoms. The molecule has 1 aromatic carbocycles. The third kappa shape index (κ3) is 4.85. The Kier molecular flexibility index (Phi) is 6.64. The second-order valence-corrected chi connectivity index (χ2v) is 6.36. The summed E-state index contributed by atoms with van der Waals surface area (Å²) >= 11 is 0. The van der Waals surface area contributed by atoms with E-state index in [4.69, 9.17) is 9.47 Å². The number of carbonyl (C=O) groups excluding carboxylic acids is 1. The summed E-state index contributed by atoms with van der Waals surface area (Å²) < 4.78 is 10.2. The van der Waals surface area contributed by atoms with Gasteiger partial charge in [-0.3, -0.25) is 4.79 Å². The maximum Gasteiger partial charge on any atom is 0.317 e. The molecular weight excluding hydrogens is 324 g/mol. The average molecular weight is 350 g/mol. The second kappa shape index (κ2) is 8.71. The van der Waals surface area contributed by atoms with Crippen LogP contribution in [0.5, 0.6) is 5.75 Å². The molecule has 0 bridgehead atoms. The fourth-order valence-electron chi connectivity index (χ4n) is 3.12. The summed E-state index contributed by atoms with van der Waals surface area (Å²) in [6.45, 7) is 1.53. The molecule has 1 fully saturated rings. The molecule has 1 aromatic rings. The Balaban J connectivity index is 1.94. The van der Waals surface area contributed by atoms with Crippen molar-refractivity contribution in [1.29, 1.82) is 0 Å². The van der Waals surface area contributed by atoms with Gasteiger partial charge in [0.15, 0.2) is 0 Å². The van der Waals surface area contributed by atoms with Crippen LogP contribution in [0, 0.1) is 5.41 Å². The molecule has 2 N–H and O–H groups in total. The van der Waals surface area contributed by atoms with Gasteiger partial charge in [0.1, 0.15) is 5.75 Å². The lowest BCUT2D eigenvalue weighted by atomic mass is 9.77. The number of urea groups is 1. The lowest BCUT2D eigenvalue weighted by molar-refractivity contribution is -0.153. The van der Waals surface area contributed by atoms with Gasteiger partial charge in [-0.05, 0) is 37.0 Å². The Morgan fingerprint density at radius 3 is 2.60 bits per heavy atom. The van der Waals surface area contributed by atoms with Crippen LogP contribution >= 0.6 is 0 Å². The number of carbonyl (C=O) groups is 2. The smallest absolute Gasteiger partial charge is 0.317 e. The fourth-order valence-corrected chi connectivity index (χ4v) is 3.12. The van der Waals surface area contributed by atoms with E-state index >= 15 is 0 Å².